The highest BCUT2D eigenvalue weighted by Gasteiger charge is 2.17. The fraction of sp³-hybridized carbons (Fsp3) is 0.438. The fourth-order valence-electron chi connectivity index (χ4n) is 2.21. The van der Waals surface area contributed by atoms with E-state index in [0.29, 0.717) is 11.6 Å². The van der Waals surface area contributed by atoms with Crippen molar-refractivity contribution in [3.05, 3.63) is 45.7 Å². The van der Waals surface area contributed by atoms with E-state index in [4.69, 9.17) is 0 Å². The highest BCUT2D eigenvalue weighted by Crippen LogP contribution is 2.14. The molecule has 0 radical (unpaired) electrons. The Hall–Kier alpha value is -2.00. The number of carbonyl (C=O) groups excluding carboxylic acids is 1. The highest BCUT2D eigenvalue weighted by molar-refractivity contribution is 7.13. The Morgan fingerprint density at radius 3 is 2.64 bits per heavy atom. The van der Waals surface area contributed by atoms with Gasteiger partial charge in [0.1, 0.15) is 10.8 Å². The van der Waals surface area contributed by atoms with Crippen molar-refractivity contribution < 1.29 is 18.0 Å². The van der Waals surface area contributed by atoms with Crippen LogP contribution in [-0.2, 0) is 13.1 Å². The van der Waals surface area contributed by atoms with Gasteiger partial charge in [0.2, 0.25) is 5.01 Å². The Morgan fingerprint density at radius 2 is 2.00 bits per heavy atom. The summed E-state index contributed by atoms with van der Waals surface area (Å²) in [6.45, 7) is 2.57. The number of aromatic nitrogens is 2. The second-order valence-corrected chi connectivity index (χ2v) is 6.50. The molecule has 0 saturated carbocycles. The van der Waals surface area contributed by atoms with Gasteiger partial charge in [-0.1, -0.05) is 30.4 Å². The highest BCUT2D eigenvalue weighted by atomic mass is 32.1. The topological polar surface area (TPSA) is 58.1 Å². The third-order valence-corrected chi connectivity index (χ3v) is 4.23. The zero-order valence-electron chi connectivity index (χ0n) is 13.7. The van der Waals surface area contributed by atoms with Crippen LogP contribution in [0.15, 0.2) is 24.3 Å². The lowest BCUT2D eigenvalue weighted by molar-refractivity contribution is 0.0845. The van der Waals surface area contributed by atoms with Crippen LogP contribution in [0.2, 0.25) is 0 Å². The fourth-order valence-corrected chi connectivity index (χ4v) is 3.01. The minimum Gasteiger partial charge on any atom is -0.346 e. The molecular weight excluding hydrogens is 353 g/mol. The summed E-state index contributed by atoms with van der Waals surface area (Å²) in [4.78, 5) is 13.7. The van der Waals surface area contributed by atoms with Crippen LogP contribution < -0.4 is 5.32 Å². The maximum absolute atomic E-state index is 12.8. The van der Waals surface area contributed by atoms with Crippen molar-refractivity contribution in [2.75, 3.05) is 13.1 Å². The summed E-state index contributed by atoms with van der Waals surface area (Å²) in [6.07, 6.45) is -1.67. The SMILES string of the molecule is CCCN(Cc1nnc(C(=O)NCc2ccc(F)cc2)s1)CC(F)F. The molecular formula is C16H19F3N4OS. The molecule has 0 aliphatic rings. The first-order chi connectivity index (χ1) is 12.0. The number of benzene rings is 1. The largest absolute Gasteiger partial charge is 0.346 e. The summed E-state index contributed by atoms with van der Waals surface area (Å²) >= 11 is 1.08. The maximum Gasteiger partial charge on any atom is 0.282 e. The molecule has 2 rings (SSSR count). The van der Waals surface area contributed by atoms with E-state index in [2.05, 4.69) is 15.5 Å². The number of hydrogen-bond donors (Lipinski definition) is 1. The quantitative estimate of drug-likeness (QED) is 0.735. The number of halogens is 3. The van der Waals surface area contributed by atoms with Crippen molar-refractivity contribution in [1.29, 1.82) is 0 Å². The van der Waals surface area contributed by atoms with Gasteiger partial charge in [-0.05, 0) is 30.7 Å². The maximum atomic E-state index is 12.8. The number of amides is 1. The number of nitrogens with zero attached hydrogens (tertiary/aromatic N) is 3. The zero-order valence-corrected chi connectivity index (χ0v) is 14.5. The Kier molecular flexibility index (Phi) is 7.32. The second kappa shape index (κ2) is 9.47. The lowest BCUT2D eigenvalue weighted by Crippen LogP contribution is -2.29. The molecule has 9 heteroatoms. The van der Waals surface area contributed by atoms with Gasteiger partial charge >= 0.3 is 0 Å². The molecule has 0 spiro atoms. The van der Waals surface area contributed by atoms with Gasteiger partial charge in [0, 0.05) is 6.54 Å². The molecule has 5 nitrogen and oxygen atoms in total. The summed E-state index contributed by atoms with van der Waals surface area (Å²) in [6, 6.07) is 5.79. The molecule has 0 saturated heterocycles. The molecule has 0 bridgehead atoms. The molecule has 1 aromatic carbocycles. The molecule has 1 aromatic heterocycles. The van der Waals surface area contributed by atoms with Crippen molar-refractivity contribution >= 4 is 17.2 Å². The first kappa shape index (κ1) is 19.3. The van der Waals surface area contributed by atoms with E-state index in [1.807, 2.05) is 6.92 Å². The molecule has 0 fully saturated rings. The van der Waals surface area contributed by atoms with Crippen LogP contribution in [0, 0.1) is 5.82 Å². The van der Waals surface area contributed by atoms with Crippen LogP contribution in [-0.4, -0.2) is 40.5 Å². The number of alkyl halides is 2. The standard InChI is InChI=1S/C16H19F3N4OS/c1-2-7-23(9-13(18)19)10-14-21-22-16(25-14)15(24)20-8-11-3-5-12(17)6-4-11/h3-6,13H,2,7-10H2,1H3,(H,20,24). The zero-order chi connectivity index (χ0) is 18.2. The van der Waals surface area contributed by atoms with Crippen molar-refractivity contribution in [3.63, 3.8) is 0 Å². The van der Waals surface area contributed by atoms with E-state index in [1.165, 1.54) is 12.1 Å². The minimum atomic E-state index is -2.42. The van der Waals surface area contributed by atoms with E-state index >= 15 is 0 Å². The average Bonchev–Trinajstić information content (AvgIpc) is 3.02. The number of carbonyl (C=O) groups is 1. The van der Waals surface area contributed by atoms with E-state index in [-0.39, 0.29) is 30.5 Å². The van der Waals surface area contributed by atoms with Crippen LogP contribution in [0.5, 0.6) is 0 Å². The first-order valence-electron chi connectivity index (χ1n) is 7.83. The number of rotatable bonds is 9. The lowest BCUT2D eigenvalue weighted by Gasteiger charge is -2.19. The molecule has 1 amide bonds. The summed E-state index contributed by atoms with van der Waals surface area (Å²) in [5.74, 6) is -0.742. The van der Waals surface area contributed by atoms with Gasteiger partial charge in [-0.25, -0.2) is 13.2 Å². The predicted molar refractivity (Wildman–Crippen MR) is 89.1 cm³/mol. The molecule has 0 unspecified atom stereocenters. The van der Waals surface area contributed by atoms with Crippen molar-refractivity contribution in [3.8, 4) is 0 Å². The molecule has 136 valence electrons. The molecule has 0 atom stereocenters. The summed E-state index contributed by atoms with van der Waals surface area (Å²) < 4.78 is 38.0. The lowest BCUT2D eigenvalue weighted by atomic mass is 10.2. The van der Waals surface area contributed by atoms with Crippen LogP contribution in [0.3, 0.4) is 0 Å². The Balaban J connectivity index is 1.90. The van der Waals surface area contributed by atoms with Gasteiger partial charge in [0.25, 0.3) is 12.3 Å². The van der Waals surface area contributed by atoms with E-state index in [0.717, 1.165) is 23.3 Å². The third kappa shape index (κ3) is 6.43. The van der Waals surface area contributed by atoms with Crippen molar-refractivity contribution in [2.45, 2.75) is 32.9 Å². The van der Waals surface area contributed by atoms with Crippen LogP contribution >= 0.6 is 11.3 Å². The van der Waals surface area contributed by atoms with Gasteiger partial charge in [-0.15, -0.1) is 10.2 Å². The summed E-state index contributed by atoms with van der Waals surface area (Å²) in [5, 5.41) is 11.1. The van der Waals surface area contributed by atoms with Crippen molar-refractivity contribution in [1.82, 2.24) is 20.4 Å². The van der Waals surface area contributed by atoms with Gasteiger partial charge in [0.15, 0.2) is 0 Å². The van der Waals surface area contributed by atoms with E-state index < -0.39 is 12.3 Å². The molecule has 2 aromatic rings. The second-order valence-electron chi connectivity index (χ2n) is 5.44. The number of hydrogen-bond acceptors (Lipinski definition) is 5. The van der Waals surface area contributed by atoms with Crippen LogP contribution in [0.25, 0.3) is 0 Å². The van der Waals surface area contributed by atoms with E-state index in [9.17, 15) is 18.0 Å². The summed E-state index contributed by atoms with van der Waals surface area (Å²) in [5.41, 5.74) is 0.755. The van der Waals surface area contributed by atoms with Gasteiger partial charge in [0.05, 0.1) is 13.1 Å². The molecule has 0 aliphatic carbocycles. The predicted octanol–water partition coefficient (Wildman–Crippen LogP) is 3.08. The Bertz CT molecular complexity index is 678. The monoisotopic (exact) mass is 372 g/mol. The Labute approximate surface area is 147 Å². The molecule has 1 heterocycles. The molecule has 1 N–H and O–H groups in total. The number of nitrogens with one attached hydrogen (secondary N) is 1. The van der Waals surface area contributed by atoms with Crippen LogP contribution in [0.4, 0.5) is 13.2 Å². The third-order valence-electron chi connectivity index (χ3n) is 3.32. The summed E-state index contributed by atoms with van der Waals surface area (Å²) in [7, 11) is 0. The first-order valence-corrected chi connectivity index (χ1v) is 8.65. The average molecular weight is 372 g/mol. The van der Waals surface area contributed by atoms with Gasteiger partial charge < -0.3 is 5.32 Å². The van der Waals surface area contributed by atoms with Crippen LogP contribution in [0.1, 0.15) is 33.7 Å². The minimum absolute atomic E-state index is 0.172. The smallest absolute Gasteiger partial charge is 0.282 e. The van der Waals surface area contributed by atoms with Crippen molar-refractivity contribution in [2.24, 2.45) is 0 Å². The normalized spacial score (nSPS) is 11.3. The van der Waals surface area contributed by atoms with Gasteiger partial charge in [-0.3, -0.25) is 9.69 Å². The van der Waals surface area contributed by atoms with Gasteiger partial charge in [-0.2, -0.15) is 0 Å². The van der Waals surface area contributed by atoms with E-state index in [1.54, 1.807) is 17.0 Å². The molecule has 25 heavy (non-hydrogen) atoms. The molecule has 0 aliphatic heterocycles. The Morgan fingerprint density at radius 1 is 1.28 bits per heavy atom.